The molecule has 0 spiro atoms. The average Bonchev–Trinajstić information content (AvgIpc) is 3.08. The van der Waals surface area contributed by atoms with E-state index in [-0.39, 0.29) is 0 Å². The normalized spacial score (nSPS) is 20.2. The average molecular weight is 352 g/mol. The van der Waals surface area contributed by atoms with Gasteiger partial charge in [0, 0.05) is 23.7 Å². The second-order valence-corrected chi connectivity index (χ2v) is 6.88. The molecule has 1 aliphatic rings. The Balaban J connectivity index is 1.59. The lowest BCUT2D eigenvalue weighted by molar-refractivity contribution is 0.391. The van der Waals surface area contributed by atoms with E-state index in [1.54, 1.807) is 11.6 Å². The molecule has 0 radical (unpaired) electrons. The third kappa shape index (κ3) is 3.30. The van der Waals surface area contributed by atoms with Crippen molar-refractivity contribution in [3.8, 4) is 5.75 Å². The highest BCUT2D eigenvalue weighted by molar-refractivity contribution is 5.70. The number of imidazole rings is 1. The van der Waals surface area contributed by atoms with Gasteiger partial charge in [0.05, 0.1) is 24.7 Å². The van der Waals surface area contributed by atoms with E-state index in [0.717, 1.165) is 42.8 Å². The van der Waals surface area contributed by atoms with Crippen LogP contribution in [0.4, 0.5) is 17.2 Å². The van der Waals surface area contributed by atoms with E-state index in [2.05, 4.69) is 10.4 Å². The molecule has 2 aromatic heterocycles. The third-order valence-corrected chi connectivity index (χ3v) is 5.02. The van der Waals surface area contributed by atoms with Gasteiger partial charge in [-0.05, 0) is 49.9 Å². The maximum atomic E-state index is 6.22. The largest absolute Gasteiger partial charge is 0.497 e. The van der Waals surface area contributed by atoms with E-state index in [1.165, 1.54) is 0 Å². The zero-order chi connectivity index (χ0) is 18.1. The van der Waals surface area contributed by atoms with Crippen LogP contribution in [-0.4, -0.2) is 27.7 Å². The molecule has 1 fully saturated rings. The fourth-order valence-electron chi connectivity index (χ4n) is 3.51. The van der Waals surface area contributed by atoms with Crippen molar-refractivity contribution in [2.75, 3.05) is 18.2 Å². The van der Waals surface area contributed by atoms with Gasteiger partial charge in [-0.25, -0.2) is 9.50 Å². The molecule has 0 unspecified atom stereocenters. The minimum Gasteiger partial charge on any atom is -0.497 e. The summed E-state index contributed by atoms with van der Waals surface area (Å²) in [5.74, 6) is 1.92. The highest BCUT2D eigenvalue weighted by Gasteiger charge is 2.23. The lowest BCUT2D eigenvalue weighted by Gasteiger charge is -2.24. The van der Waals surface area contributed by atoms with Crippen LogP contribution >= 0.6 is 0 Å². The highest BCUT2D eigenvalue weighted by Crippen LogP contribution is 2.32. The molecule has 0 saturated heterocycles. The molecule has 5 N–H and O–H groups in total. The SMILES string of the molecule is COc1ccc(Nc2cc(N)c3nc([C@H]4CC[C@H](N)CC4)cn3n2)cc1. The number of nitrogens with one attached hydrogen (secondary N) is 1. The summed E-state index contributed by atoms with van der Waals surface area (Å²) in [6.07, 6.45) is 6.23. The predicted molar refractivity (Wildman–Crippen MR) is 103 cm³/mol. The number of anilines is 3. The number of hydrogen-bond acceptors (Lipinski definition) is 6. The summed E-state index contributed by atoms with van der Waals surface area (Å²) >= 11 is 0. The topological polar surface area (TPSA) is 103 Å². The fraction of sp³-hybridized carbons (Fsp3) is 0.368. The van der Waals surface area contributed by atoms with E-state index in [9.17, 15) is 0 Å². The van der Waals surface area contributed by atoms with Gasteiger partial charge in [0.2, 0.25) is 0 Å². The number of rotatable bonds is 4. The molecule has 7 nitrogen and oxygen atoms in total. The molecule has 26 heavy (non-hydrogen) atoms. The van der Waals surface area contributed by atoms with Crippen LogP contribution in [0.2, 0.25) is 0 Å². The lowest BCUT2D eigenvalue weighted by atomic mass is 9.85. The summed E-state index contributed by atoms with van der Waals surface area (Å²) < 4.78 is 6.95. The van der Waals surface area contributed by atoms with Gasteiger partial charge >= 0.3 is 0 Å². The van der Waals surface area contributed by atoms with Gasteiger partial charge in [-0.15, -0.1) is 5.10 Å². The number of hydrogen-bond donors (Lipinski definition) is 3. The van der Waals surface area contributed by atoms with Crippen molar-refractivity contribution < 1.29 is 4.74 Å². The van der Waals surface area contributed by atoms with Crippen LogP contribution < -0.4 is 21.5 Å². The van der Waals surface area contributed by atoms with Crippen LogP contribution in [0.1, 0.15) is 37.3 Å². The van der Waals surface area contributed by atoms with Gasteiger partial charge < -0.3 is 21.5 Å². The Kier molecular flexibility index (Phi) is 4.38. The molecular weight excluding hydrogens is 328 g/mol. The predicted octanol–water partition coefficient (Wildman–Crippen LogP) is 3.05. The molecule has 1 saturated carbocycles. The monoisotopic (exact) mass is 352 g/mol. The minimum atomic E-state index is 0.326. The fourth-order valence-corrected chi connectivity index (χ4v) is 3.51. The van der Waals surface area contributed by atoms with E-state index in [0.29, 0.717) is 29.1 Å². The third-order valence-electron chi connectivity index (χ3n) is 5.02. The van der Waals surface area contributed by atoms with E-state index >= 15 is 0 Å². The molecule has 1 aromatic carbocycles. The molecule has 0 atom stereocenters. The number of ether oxygens (including phenoxy) is 1. The van der Waals surface area contributed by atoms with Crippen molar-refractivity contribution in [3.05, 3.63) is 42.2 Å². The van der Waals surface area contributed by atoms with Gasteiger partial charge in [0.1, 0.15) is 5.75 Å². The zero-order valence-electron chi connectivity index (χ0n) is 14.9. The summed E-state index contributed by atoms with van der Waals surface area (Å²) in [5.41, 5.74) is 15.5. The molecule has 2 heterocycles. The van der Waals surface area contributed by atoms with Crippen molar-refractivity contribution in [2.45, 2.75) is 37.6 Å². The Hall–Kier alpha value is -2.80. The van der Waals surface area contributed by atoms with Crippen molar-refractivity contribution >= 4 is 22.8 Å². The van der Waals surface area contributed by atoms with E-state index < -0.39 is 0 Å². The van der Waals surface area contributed by atoms with Gasteiger partial charge in [-0.2, -0.15) is 0 Å². The van der Waals surface area contributed by atoms with Crippen LogP contribution in [-0.2, 0) is 0 Å². The number of benzene rings is 1. The first-order valence-electron chi connectivity index (χ1n) is 8.95. The van der Waals surface area contributed by atoms with Crippen LogP contribution in [0.3, 0.4) is 0 Å². The number of methoxy groups -OCH3 is 1. The number of aromatic nitrogens is 3. The second-order valence-electron chi connectivity index (χ2n) is 6.88. The number of fused-ring (bicyclic) bond motifs is 1. The van der Waals surface area contributed by atoms with Crippen molar-refractivity contribution in [1.82, 2.24) is 14.6 Å². The molecule has 7 heteroatoms. The Morgan fingerprint density at radius 3 is 2.58 bits per heavy atom. The smallest absolute Gasteiger partial charge is 0.177 e. The Bertz CT molecular complexity index is 896. The maximum absolute atomic E-state index is 6.22. The van der Waals surface area contributed by atoms with Gasteiger partial charge in [0.15, 0.2) is 11.5 Å². The van der Waals surface area contributed by atoms with Crippen LogP contribution in [0.15, 0.2) is 36.5 Å². The van der Waals surface area contributed by atoms with Crippen molar-refractivity contribution in [2.24, 2.45) is 5.73 Å². The number of nitrogens with two attached hydrogens (primary N) is 2. The minimum absolute atomic E-state index is 0.326. The second kappa shape index (κ2) is 6.84. The first-order valence-corrected chi connectivity index (χ1v) is 8.95. The molecule has 4 rings (SSSR count). The standard InChI is InChI=1S/C19H24N6O/c1-26-15-8-6-14(7-9-15)22-18-10-16(21)19-23-17(11-25(19)24-18)12-2-4-13(20)5-3-12/h6-13H,2-5,20-21H2,1H3,(H,22,24)/t12-,13-. The van der Waals surface area contributed by atoms with Gasteiger partial charge in [-0.1, -0.05) is 0 Å². The molecular formula is C19H24N6O. The highest BCUT2D eigenvalue weighted by atomic mass is 16.5. The molecule has 3 aromatic rings. The lowest BCUT2D eigenvalue weighted by Crippen LogP contribution is -2.25. The molecule has 0 bridgehead atoms. The molecule has 136 valence electrons. The number of nitrogen functional groups attached to an aromatic ring is 1. The molecule has 0 amide bonds. The molecule has 0 aliphatic heterocycles. The zero-order valence-corrected chi connectivity index (χ0v) is 14.9. The van der Waals surface area contributed by atoms with E-state index in [4.69, 9.17) is 21.2 Å². The maximum Gasteiger partial charge on any atom is 0.177 e. The van der Waals surface area contributed by atoms with Crippen molar-refractivity contribution in [1.29, 1.82) is 0 Å². The number of nitrogens with zero attached hydrogens (tertiary/aromatic N) is 3. The van der Waals surface area contributed by atoms with Crippen LogP contribution in [0.25, 0.3) is 5.65 Å². The van der Waals surface area contributed by atoms with Gasteiger partial charge in [-0.3, -0.25) is 0 Å². The van der Waals surface area contributed by atoms with Crippen molar-refractivity contribution in [3.63, 3.8) is 0 Å². The van der Waals surface area contributed by atoms with E-state index in [1.807, 2.05) is 36.5 Å². The summed E-state index contributed by atoms with van der Waals surface area (Å²) in [7, 11) is 1.65. The first kappa shape index (κ1) is 16.7. The Morgan fingerprint density at radius 2 is 1.88 bits per heavy atom. The Labute approximate surface area is 152 Å². The van der Waals surface area contributed by atoms with Crippen LogP contribution in [0.5, 0.6) is 5.75 Å². The summed E-state index contributed by atoms with van der Waals surface area (Å²) in [5, 5.41) is 7.88. The summed E-state index contributed by atoms with van der Waals surface area (Å²) in [6.45, 7) is 0. The Morgan fingerprint density at radius 1 is 1.15 bits per heavy atom. The molecule has 1 aliphatic carbocycles. The first-order chi connectivity index (χ1) is 12.6. The van der Waals surface area contributed by atoms with Gasteiger partial charge in [0.25, 0.3) is 0 Å². The summed E-state index contributed by atoms with van der Waals surface area (Å²) in [4.78, 5) is 4.72. The summed E-state index contributed by atoms with van der Waals surface area (Å²) in [6, 6.07) is 9.80. The quantitative estimate of drug-likeness (QED) is 0.667. The van der Waals surface area contributed by atoms with Crippen LogP contribution in [0, 0.1) is 0 Å².